The van der Waals surface area contributed by atoms with E-state index in [0.29, 0.717) is 13.0 Å². The van der Waals surface area contributed by atoms with E-state index in [0.717, 1.165) is 25.9 Å². The van der Waals surface area contributed by atoms with Gasteiger partial charge in [-0.05, 0) is 45.0 Å². The zero-order valence-corrected chi connectivity index (χ0v) is 16.4. The lowest BCUT2D eigenvalue weighted by Gasteiger charge is -2.35. The zero-order valence-electron chi connectivity index (χ0n) is 14.8. The summed E-state index contributed by atoms with van der Waals surface area (Å²) in [6.07, 6.45) is 2.08. The number of hydrogen-bond donors (Lipinski definition) is 1. The molecule has 7 nitrogen and oxygen atoms in total. The molecule has 0 saturated carbocycles. The van der Waals surface area contributed by atoms with E-state index in [2.05, 4.69) is 9.62 Å². The molecule has 1 fully saturated rings. The third-order valence-corrected chi connectivity index (χ3v) is 6.55. The first-order valence-corrected chi connectivity index (χ1v) is 11.6. The van der Waals surface area contributed by atoms with E-state index in [4.69, 9.17) is 4.74 Å². The summed E-state index contributed by atoms with van der Waals surface area (Å²) in [5.74, 6) is 0. The molecule has 1 saturated heterocycles. The summed E-state index contributed by atoms with van der Waals surface area (Å²) in [5.41, 5.74) is 0. The van der Waals surface area contributed by atoms with Crippen LogP contribution in [-0.2, 0) is 24.6 Å². The number of hydrogen-bond acceptors (Lipinski definition) is 6. The predicted molar refractivity (Wildman–Crippen MR) is 95.8 cm³/mol. The Balaban J connectivity index is 1.90. The molecule has 142 valence electrons. The fourth-order valence-electron chi connectivity index (χ4n) is 2.93. The van der Waals surface area contributed by atoms with E-state index in [1.807, 2.05) is 13.8 Å². The highest BCUT2D eigenvalue weighted by Crippen LogP contribution is 2.15. The van der Waals surface area contributed by atoms with Crippen molar-refractivity contribution in [2.24, 2.45) is 0 Å². The molecule has 2 atom stereocenters. The topological polar surface area (TPSA) is 92.8 Å². The first kappa shape index (κ1) is 20.3. The van der Waals surface area contributed by atoms with Gasteiger partial charge in [0.2, 0.25) is 10.0 Å². The molecule has 1 aromatic rings. The number of benzene rings is 1. The van der Waals surface area contributed by atoms with Gasteiger partial charge in [-0.25, -0.2) is 21.6 Å². The molecule has 1 heterocycles. The Morgan fingerprint density at radius 2 is 1.72 bits per heavy atom. The van der Waals surface area contributed by atoms with Crippen LogP contribution in [0.1, 0.15) is 20.3 Å². The van der Waals surface area contributed by atoms with Crippen molar-refractivity contribution in [2.75, 3.05) is 32.4 Å². The van der Waals surface area contributed by atoms with Crippen LogP contribution in [0.4, 0.5) is 0 Å². The van der Waals surface area contributed by atoms with Gasteiger partial charge in [-0.3, -0.25) is 4.90 Å². The number of sulfone groups is 1. The van der Waals surface area contributed by atoms with Crippen molar-refractivity contribution in [3.8, 4) is 0 Å². The van der Waals surface area contributed by atoms with E-state index in [9.17, 15) is 16.8 Å². The summed E-state index contributed by atoms with van der Waals surface area (Å²) in [7, 11) is -7.17. The Morgan fingerprint density at radius 3 is 2.32 bits per heavy atom. The van der Waals surface area contributed by atoms with Crippen molar-refractivity contribution in [1.82, 2.24) is 9.62 Å². The minimum atomic E-state index is -3.73. The number of sulfonamides is 1. The smallest absolute Gasteiger partial charge is 0.240 e. The highest BCUT2D eigenvalue weighted by molar-refractivity contribution is 7.91. The number of morpholine rings is 1. The second-order valence-corrected chi connectivity index (χ2v) is 10.3. The normalized spacial score (nSPS) is 22.8. The molecular weight excluding hydrogens is 364 g/mol. The molecule has 9 heteroatoms. The van der Waals surface area contributed by atoms with Gasteiger partial charge in [-0.2, -0.15) is 0 Å². The molecule has 0 aromatic heterocycles. The second-order valence-electron chi connectivity index (χ2n) is 6.52. The lowest BCUT2D eigenvalue weighted by Crippen LogP contribution is -2.46. The van der Waals surface area contributed by atoms with Gasteiger partial charge in [0.15, 0.2) is 9.84 Å². The number of rotatable bonds is 7. The first-order chi connectivity index (χ1) is 11.6. The van der Waals surface area contributed by atoms with Crippen LogP contribution in [0.3, 0.4) is 0 Å². The van der Waals surface area contributed by atoms with E-state index in [1.165, 1.54) is 24.3 Å². The van der Waals surface area contributed by atoms with Crippen LogP contribution in [0.25, 0.3) is 0 Å². The van der Waals surface area contributed by atoms with Crippen LogP contribution >= 0.6 is 0 Å². The van der Waals surface area contributed by atoms with Crippen LogP contribution in [-0.4, -0.2) is 66.4 Å². The van der Waals surface area contributed by atoms with Gasteiger partial charge in [-0.1, -0.05) is 6.07 Å². The lowest BCUT2D eigenvalue weighted by molar-refractivity contribution is -0.0679. The van der Waals surface area contributed by atoms with Crippen LogP contribution in [0, 0.1) is 0 Å². The maximum Gasteiger partial charge on any atom is 0.240 e. The molecule has 1 N–H and O–H groups in total. The molecule has 0 bridgehead atoms. The molecule has 0 aliphatic carbocycles. The minimum Gasteiger partial charge on any atom is -0.373 e. The van der Waals surface area contributed by atoms with Crippen molar-refractivity contribution in [2.45, 2.75) is 42.3 Å². The minimum absolute atomic E-state index is 0.00772. The van der Waals surface area contributed by atoms with Gasteiger partial charge in [-0.15, -0.1) is 0 Å². The van der Waals surface area contributed by atoms with Gasteiger partial charge in [0.25, 0.3) is 0 Å². The Morgan fingerprint density at radius 1 is 1.12 bits per heavy atom. The third kappa shape index (κ3) is 6.03. The fraction of sp³-hybridized carbons (Fsp3) is 0.625. The molecule has 0 amide bonds. The highest BCUT2D eigenvalue weighted by Gasteiger charge is 2.22. The Labute approximate surface area is 150 Å². The Bertz CT molecular complexity index is 782. The monoisotopic (exact) mass is 390 g/mol. The number of ether oxygens (including phenoxy) is 1. The van der Waals surface area contributed by atoms with Crippen molar-refractivity contribution in [1.29, 1.82) is 0 Å². The number of nitrogens with one attached hydrogen (secondary N) is 1. The molecule has 25 heavy (non-hydrogen) atoms. The average molecular weight is 391 g/mol. The van der Waals surface area contributed by atoms with Crippen LogP contribution in [0.15, 0.2) is 34.1 Å². The van der Waals surface area contributed by atoms with E-state index in [-0.39, 0.29) is 22.0 Å². The summed E-state index contributed by atoms with van der Waals surface area (Å²) in [6, 6.07) is 5.39. The van der Waals surface area contributed by atoms with E-state index in [1.54, 1.807) is 0 Å². The molecule has 2 unspecified atom stereocenters. The standard InChI is InChI=1S/C16H26N2O5S2/c1-13-11-18(12-14(2)23-13)9-5-8-17-25(21,22)16-7-4-6-15(10-16)24(3,19)20/h4,6-7,10,13-14,17H,5,8-9,11-12H2,1-3H3. The van der Waals surface area contributed by atoms with Gasteiger partial charge < -0.3 is 4.74 Å². The van der Waals surface area contributed by atoms with Crippen molar-refractivity contribution < 1.29 is 21.6 Å². The summed E-state index contributed by atoms with van der Waals surface area (Å²) < 4.78 is 56.0. The molecule has 0 spiro atoms. The maximum atomic E-state index is 12.3. The van der Waals surface area contributed by atoms with Crippen molar-refractivity contribution >= 4 is 19.9 Å². The molecule has 0 radical (unpaired) electrons. The largest absolute Gasteiger partial charge is 0.373 e. The summed E-state index contributed by atoms with van der Waals surface area (Å²) in [4.78, 5) is 2.22. The quantitative estimate of drug-likeness (QED) is 0.695. The SMILES string of the molecule is CC1CN(CCCNS(=O)(=O)c2cccc(S(C)(=O)=O)c2)CC(C)O1. The molecule has 1 aliphatic heterocycles. The average Bonchev–Trinajstić information content (AvgIpc) is 2.50. The van der Waals surface area contributed by atoms with Gasteiger partial charge in [0.1, 0.15) is 0 Å². The van der Waals surface area contributed by atoms with Crippen molar-refractivity contribution in [3.63, 3.8) is 0 Å². The lowest BCUT2D eigenvalue weighted by atomic mass is 10.2. The second kappa shape index (κ2) is 8.13. The molecule has 1 aliphatic rings. The van der Waals surface area contributed by atoms with Gasteiger partial charge in [0.05, 0.1) is 22.0 Å². The van der Waals surface area contributed by atoms with Crippen LogP contribution < -0.4 is 4.72 Å². The van der Waals surface area contributed by atoms with Gasteiger partial charge >= 0.3 is 0 Å². The maximum absolute atomic E-state index is 12.3. The number of nitrogens with zero attached hydrogens (tertiary/aromatic N) is 1. The highest BCUT2D eigenvalue weighted by atomic mass is 32.2. The van der Waals surface area contributed by atoms with Crippen LogP contribution in [0.2, 0.25) is 0 Å². The fourth-order valence-corrected chi connectivity index (χ4v) is 4.79. The van der Waals surface area contributed by atoms with Crippen LogP contribution in [0.5, 0.6) is 0 Å². The first-order valence-electron chi connectivity index (χ1n) is 8.25. The third-order valence-electron chi connectivity index (χ3n) is 3.98. The zero-order chi connectivity index (χ0) is 18.7. The Kier molecular flexibility index (Phi) is 6.61. The van der Waals surface area contributed by atoms with Gasteiger partial charge in [0, 0.05) is 25.9 Å². The summed E-state index contributed by atoms with van der Waals surface area (Å²) in [6.45, 7) is 6.82. The Hall–Kier alpha value is -1.00. The van der Waals surface area contributed by atoms with E-state index < -0.39 is 19.9 Å². The predicted octanol–water partition coefficient (Wildman–Crippen LogP) is 0.868. The summed E-state index contributed by atoms with van der Waals surface area (Å²) in [5, 5.41) is 0. The molecule has 2 rings (SSSR count). The molecular formula is C16H26N2O5S2. The van der Waals surface area contributed by atoms with E-state index >= 15 is 0 Å². The van der Waals surface area contributed by atoms with Crippen molar-refractivity contribution in [3.05, 3.63) is 24.3 Å². The summed E-state index contributed by atoms with van der Waals surface area (Å²) >= 11 is 0. The molecule has 1 aromatic carbocycles.